The molecular weight excluding hydrogens is 144 g/mol. The molecule has 9 heavy (non-hydrogen) atoms. The Hall–Kier alpha value is -0.830. The molecule has 0 saturated heterocycles. The van der Waals surface area contributed by atoms with Crippen molar-refractivity contribution >= 4 is 22.8 Å². The summed E-state index contributed by atoms with van der Waals surface area (Å²) in [6, 6.07) is 0. The van der Waals surface area contributed by atoms with Crippen LogP contribution in [-0.2, 0) is 14.3 Å². The van der Waals surface area contributed by atoms with E-state index in [9.17, 15) is 9.59 Å². The van der Waals surface area contributed by atoms with Crippen LogP contribution in [0.3, 0.4) is 0 Å². The van der Waals surface area contributed by atoms with Crippen molar-refractivity contribution in [2.75, 3.05) is 0 Å². The highest BCUT2D eigenvalue weighted by Gasteiger charge is 1.87. The molecule has 0 spiro atoms. The Morgan fingerprint density at radius 1 is 1.56 bits per heavy atom. The van der Waals surface area contributed by atoms with E-state index in [1.54, 1.807) is 0 Å². The Kier molecular flexibility index (Phi) is 3.71. The van der Waals surface area contributed by atoms with Gasteiger partial charge in [-0.25, -0.2) is 0 Å². The summed E-state index contributed by atoms with van der Waals surface area (Å²) in [5, 5.41) is -0.670. The second-order valence-electron chi connectivity index (χ2n) is 1.22. The molecule has 0 aliphatic rings. The molecule has 0 aliphatic carbocycles. The minimum Gasteiger partial charge on any atom is -0.435 e. The summed E-state index contributed by atoms with van der Waals surface area (Å²) in [4.78, 5) is 19.9. The predicted octanol–water partition coefficient (Wildman–Crippen LogP) is 0.829. The zero-order chi connectivity index (χ0) is 7.28. The van der Waals surface area contributed by atoms with Crippen LogP contribution in [0.4, 0.5) is 0 Å². The molecule has 0 aromatic heterocycles. The van der Waals surface area contributed by atoms with Gasteiger partial charge >= 0.3 is 5.97 Å². The van der Waals surface area contributed by atoms with Crippen molar-refractivity contribution in [2.24, 2.45) is 0 Å². The summed E-state index contributed by atoms with van der Waals surface area (Å²) in [6.07, 6.45) is 1.89. The number of hydrogen-bond acceptors (Lipinski definition) is 3. The number of allylic oxidation sites excluding steroid dienone is 1. The zero-order valence-corrected chi connectivity index (χ0v) is 5.51. The van der Waals surface area contributed by atoms with Gasteiger partial charge in [0.25, 0.3) is 0 Å². The van der Waals surface area contributed by atoms with E-state index in [1.165, 1.54) is 6.92 Å². The molecule has 0 heterocycles. The van der Waals surface area contributed by atoms with Crippen LogP contribution in [0.5, 0.6) is 0 Å². The van der Waals surface area contributed by atoms with Gasteiger partial charge in [-0.3, -0.25) is 9.59 Å². The van der Waals surface area contributed by atoms with Gasteiger partial charge in [-0.2, -0.15) is 0 Å². The Morgan fingerprint density at radius 3 is 2.44 bits per heavy atom. The third-order valence-corrected chi connectivity index (χ3v) is 0.559. The van der Waals surface area contributed by atoms with Crippen molar-refractivity contribution in [3.63, 3.8) is 0 Å². The molecule has 0 bridgehead atoms. The number of carbonyl (C=O) groups is 2. The molecule has 0 aromatic carbocycles. The fourth-order valence-corrected chi connectivity index (χ4v) is 0.235. The molecule has 0 atom stereocenters. The lowest BCUT2D eigenvalue weighted by Gasteiger charge is -1.86. The highest BCUT2D eigenvalue weighted by Crippen LogP contribution is 1.83. The van der Waals surface area contributed by atoms with E-state index in [0.29, 0.717) is 0 Å². The third kappa shape index (κ3) is 7.17. The maximum absolute atomic E-state index is 10.00. The molecule has 0 saturated carbocycles. The van der Waals surface area contributed by atoms with Crippen LogP contribution in [0.2, 0.25) is 0 Å². The largest absolute Gasteiger partial charge is 0.435 e. The van der Waals surface area contributed by atoms with Crippen molar-refractivity contribution in [3.05, 3.63) is 12.3 Å². The molecule has 0 fully saturated rings. The standard InChI is InChI=1S/C5H5ClO3/c1-4(7)9-3-2-5(6)8/h2-3H,1H3. The van der Waals surface area contributed by atoms with Crippen LogP contribution in [0.1, 0.15) is 6.92 Å². The van der Waals surface area contributed by atoms with E-state index < -0.39 is 11.2 Å². The van der Waals surface area contributed by atoms with E-state index in [-0.39, 0.29) is 0 Å². The average Bonchev–Trinajstić information content (AvgIpc) is 1.63. The molecule has 0 N–H and O–H groups in total. The minimum atomic E-state index is -0.670. The molecule has 0 radical (unpaired) electrons. The summed E-state index contributed by atoms with van der Waals surface area (Å²) in [6.45, 7) is 1.23. The minimum absolute atomic E-state index is 0.482. The Labute approximate surface area is 57.2 Å². The first-order valence-corrected chi connectivity index (χ1v) is 2.54. The second kappa shape index (κ2) is 4.09. The van der Waals surface area contributed by atoms with Crippen molar-refractivity contribution in [1.29, 1.82) is 0 Å². The lowest BCUT2D eigenvalue weighted by atomic mass is 10.7. The van der Waals surface area contributed by atoms with Gasteiger partial charge in [-0.1, -0.05) is 0 Å². The molecule has 0 unspecified atom stereocenters. The highest BCUT2D eigenvalue weighted by molar-refractivity contribution is 6.66. The van der Waals surface area contributed by atoms with E-state index >= 15 is 0 Å². The van der Waals surface area contributed by atoms with Crippen LogP contribution in [-0.4, -0.2) is 11.2 Å². The first kappa shape index (κ1) is 8.17. The lowest BCUT2D eigenvalue weighted by molar-refractivity contribution is -0.135. The maximum Gasteiger partial charge on any atom is 0.307 e. The average molecular weight is 149 g/mol. The van der Waals surface area contributed by atoms with Gasteiger partial charge < -0.3 is 4.74 Å². The normalized spacial score (nSPS) is 9.56. The molecule has 50 valence electrons. The Morgan fingerprint density at radius 2 is 2.11 bits per heavy atom. The van der Waals surface area contributed by atoms with Gasteiger partial charge in [0.2, 0.25) is 5.24 Å². The molecule has 3 nitrogen and oxygen atoms in total. The van der Waals surface area contributed by atoms with Crippen molar-refractivity contribution in [3.8, 4) is 0 Å². The SMILES string of the molecule is CC(=O)OC=CC(=O)Cl. The summed E-state index contributed by atoms with van der Waals surface area (Å²) in [5.41, 5.74) is 0. The van der Waals surface area contributed by atoms with E-state index in [1.807, 2.05) is 0 Å². The van der Waals surface area contributed by atoms with Crippen molar-refractivity contribution in [2.45, 2.75) is 6.92 Å². The van der Waals surface area contributed by atoms with Crippen LogP contribution >= 0.6 is 11.6 Å². The second-order valence-corrected chi connectivity index (χ2v) is 1.59. The van der Waals surface area contributed by atoms with E-state index in [2.05, 4.69) is 4.74 Å². The van der Waals surface area contributed by atoms with Gasteiger partial charge in [0.05, 0.1) is 6.26 Å². The number of rotatable bonds is 2. The quantitative estimate of drug-likeness (QED) is 0.252. The number of esters is 1. The molecule has 0 rings (SSSR count). The lowest BCUT2D eigenvalue weighted by Crippen LogP contribution is -1.90. The van der Waals surface area contributed by atoms with Gasteiger partial charge in [-0.15, -0.1) is 0 Å². The zero-order valence-electron chi connectivity index (χ0n) is 4.76. The highest BCUT2D eigenvalue weighted by atomic mass is 35.5. The number of hydrogen-bond donors (Lipinski definition) is 0. The van der Waals surface area contributed by atoms with Gasteiger partial charge in [-0.05, 0) is 11.6 Å². The smallest absolute Gasteiger partial charge is 0.307 e. The number of halogens is 1. The molecule has 4 heteroatoms. The Balaban J connectivity index is 3.48. The number of ether oxygens (including phenoxy) is 1. The third-order valence-electron chi connectivity index (χ3n) is 0.433. The fourth-order valence-electron chi connectivity index (χ4n) is 0.183. The fraction of sp³-hybridized carbons (Fsp3) is 0.200. The summed E-state index contributed by atoms with van der Waals surface area (Å²) in [7, 11) is 0. The van der Waals surface area contributed by atoms with Gasteiger partial charge in [0.1, 0.15) is 0 Å². The van der Waals surface area contributed by atoms with Gasteiger partial charge in [0.15, 0.2) is 0 Å². The summed E-state index contributed by atoms with van der Waals surface area (Å²) >= 11 is 4.84. The molecule has 0 amide bonds. The van der Waals surface area contributed by atoms with Crippen LogP contribution in [0.25, 0.3) is 0 Å². The van der Waals surface area contributed by atoms with Gasteiger partial charge in [0, 0.05) is 13.0 Å². The molecule has 0 aliphatic heterocycles. The van der Waals surface area contributed by atoms with Crippen LogP contribution < -0.4 is 0 Å². The number of carbonyl (C=O) groups excluding carboxylic acids is 2. The molecular formula is C5H5ClO3. The summed E-state index contributed by atoms with van der Waals surface area (Å²) < 4.78 is 4.23. The predicted molar refractivity (Wildman–Crippen MR) is 31.8 cm³/mol. The first-order chi connectivity index (χ1) is 4.13. The maximum atomic E-state index is 10.00. The molecule has 0 aromatic rings. The monoisotopic (exact) mass is 148 g/mol. The van der Waals surface area contributed by atoms with Crippen molar-refractivity contribution in [1.82, 2.24) is 0 Å². The summed E-state index contributed by atoms with van der Waals surface area (Å²) in [5.74, 6) is -0.482. The van der Waals surface area contributed by atoms with E-state index in [4.69, 9.17) is 11.6 Å². The first-order valence-electron chi connectivity index (χ1n) is 2.16. The van der Waals surface area contributed by atoms with Crippen LogP contribution in [0.15, 0.2) is 12.3 Å². The van der Waals surface area contributed by atoms with Crippen molar-refractivity contribution < 1.29 is 14.3 Å². The Bertz CT molecular complexity index is 150. The van der Waals surface area contributed by atoms with E-state index in [0.717, 1.165) is 12.3 Å². The van der Waals surface area contributed by atoms with Crippen LogP contribution in [0, 0.1) is 0 Å². The topological polar surface area (TPSA) is 43.4 Å².